The normalized spacial score (nSPS) is 14.4. The minimum Gasteiger partial charge on any atom is -0.462 e. The molecule has 0 spiro atoms. The summed E-state index contributed by atoms with van der Waals surface area (Å²) in [5, 5.41) is 10.6. The summed E-state index contributed by atoms with van der Waals surface area (Å²) < 4.78 is 68.4. The van der Waals surface area contributed by atoms with E-state index in [1.165, 1.54) is 186 Å². The number of esters is 4. The van der Waals surface area contributed by atoms with Gasteiger partial charge in [-0.1, -0.05) is 331 Å². The smallest absolute Gasteiger partial charge is 0.462 e. The predicted octanol–water partition coefficient (Wildman–Crippen LogP) is 21.8. The van der Waals surface area contributed by atoms with E-state index in [1.54, 1.807) is 0 Å². The Morgan fingerprint density at radius 3 is 0.809 bits per heavy atom. The summed E-state index contributed by atoms with van der Waals surface area (Å²) in [6.45, 7) is 11.8. The number of aliphatic hydroxyl groups excluding tert-OH is 1. The Labute approximate surface area is 575 Å². The summed E-state index contributed by atoms with van der Waals surface area (Å²) >= 11 is 0. The fourth-order valence-electron chi connectivity index (χ4n) is 11.4. The van der Waals surface area contributed by atoms with E-state index in [9.17, 15) is 43.2 Å². The quantitative estimate of drug-likeness (QED) is 0.0222. The lowest BCUT2D eigenvalue weighted by atomic mass is 9.99. The van der Waals surface area contributed by atoms with Crippen molar-refractivity contribution in [2.45, 2.75) is 401 Å². The van der Waals surface area contributed by atoms with Gasteiger partial charge >= 0.3 is 39.5 Å². The zero-order valence-electron chi connectivity index (χ0n) is 61.4. The number of phosphoric acid groups is 2. The molecule has 0 saturated heterocycles. The second-order valence-electron chi connectivity index (χ2n) is 28.2. The molecule has 0 amide bonds. The zero-order valence-corrected chi connectivity index (χ0v) is 63.2. The van der Waals surface area contributed by atoms with Crippen LogP contribution in [0, 0.1) is 17.8 Å². The lowest BCUT2D eigenvalue weighted by Gasteiger charge is -2.21. The van der Waals surface area contributed by atoms with Gasteiger partial charge in [0.1, 0.15) is 19.3 Å². The second-order valence-corrected chi connectivity index (χ2v) is 31.1. The fourth-order valence-corrected chi connectivity index (χ4v) is 13.0. The van der Waals surface area contributed by atoms with Gasteiger partial charge in [-0.15, -0.1) is 0 Å². The largest absolute Gasteiger partial charge is 0.472 e. The first-order valence-corrected chi connectivity index (χ1v) is 41.9. The monoisotopic (exact) mass is 1380 g/mol. The maximum Gasteiger partial charge on any atom is 0.472 e. The van der Waals surface area contributed by atoms with Crippen molar-refractivity contribution >= 4 is 39.5 Å². The summed E-state index contributed by atoms with van der Waals surface area (Å²) in [5.41, 5.74) is 0. The van der Waals surface area contributed by atoms with Crippen molar-refractivity contribution < 1.29 is 80.2 Å². The van der Waals surface area contributed by atoms with Crippen LogP contribution in [0.3, 0.4) is 0 Å². The minimum absolute atomic E-state index is 0.106. The van der Waals surface area contributed by atoms with Crippen LogP contribution in [0.2, 0.25) is 0 Å². The van der Waals surface area contributed by atoms with E-state index in [0.29, 0.717) is 31.6 Å². The summed E-state index contributed by atoms with van der Waals surface area (Å²) in [7, 11) is -9.91. The summed E-state index contributed by atoms with van der Waals surface area (Å²) in [5.74, 6) is 0.156. The van der Waals surface area contributed by atoms with E-state index in [2.05, 4.69) is 48.5 Å². The van der Waals surface area contributed by atoms with Crippen LogP contribution in [-0.2, 0) is 65.4 Å². The van der Waals surface area contributed by atoms with Gasteiger partial charge in [0.2, 0.25) is 0 Å². The van der Waals surface area contributed by atoms with Gasteiger partial charge in [-0.25, -0.2) is 9.13 Å². The summed E-state index contributed by atoms with van der Waals surface area (Å²) in [4.78, 5) is 72.7. The molecule has 0 radical (unpaired) electrons. The van der Waals surface area contributed by atoms with Gasteiger partial charge in [0, 0.05) is 25.7 Å². The van der Waals surface area contributed by atoms with Crippen molar-refractivity contribution in [3.8, 4) is 0 Å². The van der Waals surface area contributed by atoms with Crippen LogP contribution in [0.5, 0.6) is 0 Å². The molecule has 0 aromatic rings. The van der Waals surface area contributed by atoms with Gasteiger partial charge in [-0.3, -0.25) is 37.3 Å². The second kappa shape index (κ2) is 65.7. The number of hydrogen-bond donors (Lipinski definition) is 3. The molecular formula is C75H146O17P2. The Morgan fingerprint density at radius 2 is 0.543 bits per heavy atom. The van der Waals surface area contributed by atoms with Gasteiger partial charge in [-0.05, 0) is 43.4 Å². The number of rotatable bonds is 73. The minimum atomic E-state index is -4.96. The molecule has 0 saturated carbocycles. The Kier molecular flexibility index (Phi) is 64.3. The third-order valence-electron chi connectivity index (χ3n) is 17.7. The topological polar surface area (TPSA) is 237 Å². The molecule has 558 valence electrons. The Bertz CT molecular complexity index is 1840. The average molecular weight is 1380 g/mol. The molecule has 0 rings (SSSR count). The van der Waals surface area contributed by atoms with Gasteiger partial charge in [0.15, 0.2) is 12.2 Å². The van der Waals surface area contributed by atoms with Gasteiger partial charge in [0.05, 0.1) is 26.4 Å². The molecule has 6 atom stereocenters. The molecular weight excluding hydrogens is 1230 g/mol. The first kappa shape index (κ1) is 92.1. The molecule has 0 aliphatic rings. The molecule has 0 aromatic heterocycles. The highest BCUT2D eigenvalue weighted by molar-refractivity contribution is 7.47. The molecule has 3 N–H and O–H groups in total. The van der Waals surface area contributed by atoms with Crippen molar-refractivity contribution in [1.82, 2.24) is 0 Å². The molecule has 0 aliphatic carbocycles. The number of carbonyl (C=O) groups excluding carboxylic acids is 4. The van der Waals surface area contributed by atoms with E-state index in [-0.39, 0.29) is 25.7 Å². The van der Waals surface area contributed by atoms with Crippen molar-refractivity contribution in [3.05, 3.63) is 0 Å². The number of hydrogen-bond acceptors (Lipinski definition) is 15. The molecule has 94 heavy (non-hydrogen) atoms. The molecule has 17 nitrogen and oxygen atoms in total. The zero-order chi connectivity index (χ0) is 69.4. The molecule has 0 aliphatic heterocycles. The molecule has 0 fully saturated rings. The van der Waals surface area contributed by atoms with E-state index in [1.807, 2.05) is 0 Å². The van der Waals surface area contributed by atoms with Gasteiger partial charge in [0.25, 0.3) is 0 Å². The fraction of sp³-hybridized carbons (Fsp3) is 0.947. The van der Waals surface area contributed by atoms with Crippen LogP contribution < -0.4 is 0 Å². The van der Waals surface area contributed by atoms with Crippen molar-refractivity contribution in [2.75, 3.05) is 39.6 Å². The SMILES string of the molecule is CCCCCCCCCCCCCCC(=O)O[C@H](COC(=O)CCCCCCCCC(C)C)COP(=O)(O)OC[C@H](O)COP(=O)(O)OC[C@@H](COC(=O)CCCCCCCCCCC(C)CC)OC(=O)CCCCCCCCCCCCCCCCCCCCC(C)C. The standard InChI is InChI=1S/C75H146O17P2/c1-8-10-11-12-13-14-15-25-28-35-44-51-58-74(79)92-71(63-86-73(78)57-50-43-38-37-40-47-54-67(5)6)65-90-94(83,84)88-61-69(76)60-87-93(81,82)89-64-70(62-85-72(77)56-49-42-34-31-30-33-41-48-55-68(7)9-2)91-75(80)59-52-45-36-29-26-23-21-19-17-16-18-20-22-24-27-32-39-46-53-66(3)4/h66-71,76H,8-65H2,1-7H3,(H,81,82)(H,83,84)/t68?,69-,70-,71-/m1/s1. The van der Waals surface area contributed by atoms with Crippen LogP contribution in [0.4, 0.5) is 0 Å². The Balaban J connectivity index is 5.19. The molecule has 19 heteroatoms. The first-order valence-electron chi connectivity index (χ1n) is 38.9. The number of phosphoric ester groups is 2. The van der Waals surface area contributed by atoms with Crippen LogP contribution in [0.1, 0.15) is 382 Å². The summed E-state index contributed by atoms with van der Waals surface area (Å²) in [6, 6.07) is 0. The highest BCUT2D eigenvalue weighted by Gasteiger charge is 2.30. The van der Waals surface area contributed by atoms with E-state index in [4.69, 9.17) is 37.0 Å². The van der Waals surface area contributed by atoms with Crippen LogP contribution in [0.25, 0.3) is 0 Å². The molecule has 0 bridgehead atoms. The van der Waals surface area contributed by atoms with Crippen molar-refractivity contribution in [1.29, 1.82) is 0 Å². The lowest BCUT2D eigenvalue weighted by molar-refractivity contribution is -0.161. The molecule has 3 unspecified atom stereocenters. The van der Waals surface area contributed by atoms with Crippen LogP contribution in [-0.4, -0.2) is 96.7 Å². The predicted molar refractivity (Wildman–Crippen MR) is 381 cm³/mol. The third-order valence-corrected chi connectivity index (χ3v) is 19.6. The highest BCUT2D eigenvalue weighted by atomic mass is 31.2. The maximum absolute atomic E-state index is 13.1. The van der Waals surface area contributed by atoms with Crippen molar-refractivity contribution in [3.63, 3.8) is 0 Å². The maximum atomic E-state index is 13.1. The Hall–Kier alpha value is -1.94. The molecule has 0 heterocycles. The number of aliphatic hydroxyl groups is 1. The summed E-state index contributed by atoms with van der Waals surface area (Å²) in [6.07, 6.45) is 51.5. The lowest BCUT2D eigenvalue weighted by Crippen LogP contribution is -2.30. The van der Waals surface area contributed by atoms with E-state index >= 15 is 0 Å². The van der Waals surface area contributed by atoms with Crippen molar-refractivity contribution in [2.24, 2.45) is 17.8 Å². The average Bonchev–Trinajstić information content (AvgIpc) is 1.66. The Morgan fingerprint density at radius 1 is 0.309 bits per heavy atom. The van der Waals surface area contributed by atoms with E-state index in [0.717, 1.165) is 108 Å². The van der Waals surface area contributed by atoms with E-state index < -0.39 is 97.5 Å². The van der Waals surface area contributed by atoms with Crippen LogP contribution in [0.15, 0.2) is 0 Å². The number of unbranched alkanes of at least 4 members (excludes halogenated alkanes) is 40. The third kappa shape index (κ3) is 67.3. The molecule has 0 aromatic carbocycles. The van der Waals surface area contributed by atoms with Gasteiger partial charge < -0.3 is 33.8 Å². The van der Waals surface area contributed by atoms with Crippen LogP contribution >= 0.6 is 15.6 Å². The van der Waals surface area contributed by atoms with Gasteiger partial charge in [-0.2, -0.15) is 0 Å². The highest BCUT2D eigenvalue weighted by Crippen LogP contribution is 2.45. The number of ether oxygens (including phenoxy) is 4. The number of carbonyl (C=O) groups is 4. The first-order chi connectivity index (χ1) is 45.3.